The summed E-state index contributed by atoms with van der Waals surface area (Å²) in [6, 6.07) is 6.98. The van der Waals surface area contributed by atoms with Crippen LogP contribution >= 0.6 is 15.9 Å². The Morgan fingerprint density at radius 2 is 2.25 bits per heavy atom. The van der Waals surface area contributed by atoms with Gasteiger partial charge < -0.3 is 9.73 Å². The standard InChI is InChI=1S/C16H19BrN2O/c1-11-4-5-12(17)9-14(11)15-10-19-16(20-15)3-2-8-18-13-6-7-13/h4-5,9-10,13,18H,2-3,6-8H2,1H3. The highest BCUT2D eigenvalue weighted by Gasteiger charge is 2.19. The van der Waals surface area contributed by atoms with E-state index in [1.54, 1.807) is 0 Å². The Labute approximate surface area is 127 Å². The molecule has 1 heterocycles. The van der Waals surface area contributed by atoms with E-state index in [1.807, 2.05) is 12.3 Å². The summed E-state index contributed by atoms with van der Waals surface area (Å²) in [5, 5.41) is 3.51. The molecule has 1 N–H and O–H groups in total. The number of aromatic nitrogens is 1. The van der Waals surface area contributed by atoms with Gasteiger partial charge in [-0.05, 0) is 50.4 Å². The molecule has 0 atom stereocenters. The lowest BCUT2D eigenvalue weighted by atomic mass is 10.1. The predicted octanol–water partition coefficient (Wildman–Crippen LogP) is 4.10. The molecule has 0 spiro atoms. The maximum atomic E-state index is 5.87. The number of aryl methyl sites for hydroxylation is 2. The van der Waals surface area contributed by atoms with Gasteiger partial charge in [-0.2, -0.15) is 0 Å². The smallest absolute Gasteiger partial charge is 0.194 e. The van der Waals surface area contributed by atoms with Crippen LogP contribution in [-0.4, -0.2) is 17.6 Å². The molecule has 1 fully saturated rings. The first-order valence-corrected chi connectivity index (χ1v) is 7.96. The summed E-state index contributed by atoms with van der Waals surface area (Å²) < 4.78 is 6.93. The Morgan fingerprint density at radius 3 is 3.05 bits per heavy atom. The van der Waals surface area contributed by atoms with E-state index in [1.165, 1.54) is 18.4 Å². The van der Waals surface area contributed by atoms with E-state index in [0.29, 0.717) is 0 Å². The molecule has 0 bridgehead atoms. The quantitative estimate of drug-likeness (QED) is 0.808. The van der Waals surface area contributed by atoms with Crippen LogP contribution in [0.4, 0.5) is 0 Å². The van der Waals surface area contributed by atoms with Crippen molar-refractivity contribution in [3.63, 3.8) is 0 Å². The Balaban J connectivity index is 1.61. The van der Waals surface area contributed by atoms with Crippen LogP contribution in [0.1, 0.15) is 30.7 Å². The van der Waals surface area contributed by atoms with Gasteiger partial charge in [0, 0.05) is 22.5 Å². The number of nitrogens with zero attached hydrogens (tertiary/aromatic N) is 1. The number of benzene rings is 1. The minimum Gasteiger partial charge on any atom is -0.441 e. The second kappa shape index (κ2) is 6.10. The molecule has 4 heteroatoms. The second-order valence-corrected chi connectivity index (χ2v) is 6.33. The number of halogens is 1. The van der Waals surface area contributed by atoms with Crippen molar-refractivity contribution < 1.29 is 4.42 Å². The molecule has 20 heavy (non-hydrogen) atoms. The average molecular weight is 335 g/mol. The minimum absolute atomic E-state index is 0.777. The van der Waals surface area contributed by atoms with Gasteiger partial charge in [0.05, 0.1) is 6.20 Å². The van der Waals surface area contributed by atoms with E-state index in [-0.39, 0.29) is 0 Å². The molecule has 1 aromatic carbocycles. The summed E-state index contributed by atoms with van der Waals surface area (Å²) in [4.78, 5) is 4.39. The van der Waals surface area contributed by atoms with Crippen molar-refractivity contribution in [3.8, 4) is 11.3 Å². The van der Waals surface area contributed by atoms with E-state index in [2.05, 4.69) is 45.3 Å². The van der Waals surface area contributed by atoms with Gasteiger partial charge in [-0.25, -0.2) is 4.98 Å². The zero-order valence-electron chi connectivity index (χ0n) is 11.7. The number of rotatable bonds is 6. The molecule has 3 nitrogen and oxygen atoms in total. The van der Waals surface area contributed by atoms with Gasteiger partial charge in [-0.15, -0.1) is 0 Å². The highest BCUT2D eigenvalue weighted by Crippen LogP contribution is 2.27. The van der Waals surface area contributed by atoms with Gasteiger partial charge >= 0.3 is 0 Å². The SMILES string of the molecule is Cc1ccc(Br)cc1-c1cnc(CCCNC2CC2)o1. The summed E-state index contributed by atoms with van der Waals surface area (Å²) in [6.45, 7) is 3.14. The van der Waals surface area contributed by atoms with Gasteiger partial charge in [0.2, 0.25) is 0 Å². The fraction of sp³-hybridized carbons (Fsp3) is 0.438. The van der Waals surface area contributed by atoms with Crippen LogP contribution in [0.25, 0.3) is 11.3 Å². The highest BCUT2D eigenvalue weighted by molar-refractivity contribution is 9.10. The lowest BCUT2D eigenvalue weighted by Gasteiger charge is -2.03. The lowest BCUT2D eigenvalue weighted by Crippen LogP contribution is -2.17. The monoisotopic (exact) mass is 334 g/mol. The molecule has 1 aromatic heterocycles. The third kappa shape index (κ3) is 3.49. The largest absolute Gasteiger partial charge is 0.441 e. The Kier molecular flexibility index (Phi) is 4.22. The maximum absolute atomic E-state index is 5.87. The molecule has 2 aromatic rings. The lowest BCUT2D eigenvalue weighted by molar-refractivity contribution is 0.491. The van der Waals surface area contributed by atoms with Crippen molar-refractivity contribution in [2.75, 3.05) is 6.54 Å². The van der Waals surface area contributed by atoms with Crippen LogP contribution < -0.4 is 5.32 Å². The van der Waals surface area contributed by atoms with Crippen molar-refractivity contribution >= 4 is 15.9 Å². The molecule has 3 rings (SSSR count). The molecule has 0 unspecified atom stereocenters. The van der Waals surface area contributed by atoms with Gasteiger partial charge in [0.25, 0.3) is 0 Å². The van der Waals surface area contributed by atoms with Gasteiger partial charge in [0.1, 0.15) is 0 Å². The van der Waals surface area contributed by atoms with Gasteiger partial charge in [-0.3, -0.25) is 0 Å². The third-order valence-electron chi connectivity index (χ3n) is 3.60. The fourth-order valence-electron chi connectivity index (χ4n) is 2.24. The normalized spacial score (nSPS) is 14.7. The first-order valence-electron chi connectivity index (χ1n) is 7.17. The van der Waals surface area contributed by atoms with E-state index < -0.39 is 0 Å². The number of nitrogens with one attached hydrogen (secondary N) is 1. The predicted molar refractivity (Wildman–Crippen MR) is 83.7 cm³/mol. The van der Waals surface area contributed by atoms with Crippen LogP contribution in [0.5, 0.6) is 0 Å². The van der Waals surface area contributed by atoms with Crippen molar-refractivity contribution in [1.29, 1.82) is 0 Å². The summed E-state index contributed by atoms with van der Waals surface area (Å²) in [7, 11) is 0. The van der Waals surface area contributed by atoms with E-state index >= 15 is 0 Å². The van der Waals surface area contributed by atoms with Crippen LogP contribution in [-0.2, 0) is 6.42 Å². The molecular formula is C16H19BrN2O. The van der Waals surface area contributed by atoms with Crippen molar-refractivity contribution in [2.24, 2.45) is 0 Å². The number of hydrogen-bond donors (Lipinski definition) is 1. The number of oxazole rings is 1. The summed E-state index contributed by atoms with van der Waals surface area (Å²) >= 11 is 3.50. The first-order chi connectivity index (χ1) is 9.72. The molecule has 0 radical (unpaired) electrons. The summed E-state index contributed by atoms with van der Waals surface area (Å²) in [5.41, 5.74) is 2.31. The van der Waals surface area contributed by atoms with Crippen LogP contribution in [0, 0.1) is 6.92 Å². The molecule has 1 saturated carbocycles. The molecule has 106 valence electrons. The zero-order valence-corrected chi connectivity index (χ0v) is 13.2. The average Bonchev–Trinajstić information content (AvgIpc) is 3.15. The Hall–Kier alpha value is -1.13. The van der Waals surface area contributed by atoms with E-state index in [9.17, 15) is 0 Å². The second-order valence-electron chi connectivity index (χ2n) is 5.41. The Morgan fingerprint density at radius 1 is 1.40 bits per heavy atom. The van der Waals surface area contributed by atoms with Crippen LogP contribution in [0.15, 0.2) is 33.3 Å². The van der Waals surface area contributed by atoms with Crippen molar-refractivity contribution in [2.45, 2.75) is 38.6 Å². The van der Waals surface area contributed by atoms with Crippen LogP contribution in [0.2, 0.25) is 0 Å². The van der Waals surface area contributed by atoms with E-state index in [4.69, 9.17) is 4.42 Å². The summed E-state index contributed by atoms with van der Waals surface area (Å²) in [5.74, 6) is 1.69. The maximum Gasteiger partial charge on any atom is 0.194 e. The van der Waals surface area contributed by atoms with Crippen molar-refractivity contribution in [3.05, 3.63) is 40.3 Å². The van der Waals surface area contributed by atoms with Crippen molar-refractivity contribution in [1.82, 2.24) is 10.3 Å². The molecule has 1 aliphatic rings. The highest BCUT2D eigenvalue weighted by atomic mass is 79.9. The number of hydrogen-bond acceptors (Lipinski definition) is 3. The summed E-state index contributed by atoms with van der Waals surface area (Å²) in [6.07, 6.45) is 6.48. The molecule has 0 aliphatic heterocycles. The zero-order chi connectivity index (χ0) is 13.9. The van der Waals surface area contributed by atoms with Gasteiger partial charge in [-0.1, -0.05) is 22.0 Å². The molecular weight excluding hydrogens is 316 g/mol. The fourth-order valence-corrected chi connectivity index (χ4v) is 2.60. The third-order valence-corrected chi connectivity index (χ3v) is 4.09. The van der Waals surface area contributed by atoms with Gasteiger partial charge in [0.15, 0.2) is 11.7 Å². The Bertz CT molecular complexity index is 590. The minimum atomic E-state index is 0.777. The molecule has 1 aliphatic carbocycles. The van der Waals surface area contributed by atoms with Crippen LogP contribution in [0.3, 0.4) is 0 Å². The topological polar surface area (TPSA) is 38.1 Å². The molecule has 0 saturated heterocycles. The molecule has 0 amide bonds. The first kappa shape index (κ1) is 13.8. The van der Waals surface area contributed by atoms with E-state index in [0.717, 1.165) is 47.1 Å².